The van der Waals surface area contributed by atoms with Gasteiger partial charge < -0.3 is 25.3 Å². The maximum Gasteiger partial charge on any atom is 0.257 e. The van der Waals surface area contributed by atoms with Crippen LogP contribution in [0.5, 0.6) is 0 Å². The van der Waals surface area contributed by atoms with Crippen LogP contribution in [0.2, 0.25) is 0 Å². The summed E-state index contributed by atoms with van der Waals surface area (Å²) in [5, 5.41) is 6.75. The van der Waals surface area contributed by atoms with Gasteiger partial charge in [0.05, 0.1) is 23.0 Å². The van der Waals surface area contributed by atoms with Gasteiger partial charge >= 0.3 is 0 Å². The van der Waals surface area contributed by atoms with Crippen molar-refractivity contribution < 1.29 is 14.4 Å². The molecule has 44 heavy (non-hydrogen) atoms. The van der Waals surface area contributed by atoms with E-state index in [1.54, 1.807) is 6.92 Å². The Hall–Kier alpha value is -3.53. The standard InChI is InChI=1S/C34H47N7O3/c1-22-31(23(2)36-34(35-22)37-29-13-16-40(21-29)24(3)42)33(44)41-19-27-17-39(18-28(27)20-41)15-14-30(25-9-5-4-6-10-25)38-32(43)26-11-7-8-12-26/h4-6,9-10,26-30H,7-8,11-21H2,1-3H3,(H,38,43)(H,35,36,37)/t27?,28?,29-,30?/m0/s1. The molecule has 0 bridgehead atoms. The summed E-state index contributed by atoms with van der Waals surface area (Å²) < 4.78 is 0. The normalized spacial score (nSPS) is 24.5. The molecule has 2 N–H and O–H groups in total. The van der Waals surface area contributed by atoms with Crippen LogP contribution in [-0.4, -0.2) is 94.2 Å². The Morgan fingerprint density at radius 1 is 0.886 bits per heavy atom. The Bertz CT molecular complexity index is 1320. The molecule has 4 heterocycles. The molecule has 0 radical (unpaired) electrons. The van der Waals surface area contributed by atoms with Crippen molar-refractivity contribution in [3.63, 3.8) is 0 Å². The van der Waals surface area contributed by atoms with E-state index in [0.29, 0.717) is 41.3 Å². The van der Waals surface area contributed by atoms with Gasteiger partial charge in [0.25, 0.3) is 5.91 Å². The van der Waals surface area contributed by atoms with Crippen molar-refractivity contribution >= 4 is 23.7 Å². The third-order valence-electron chi connectivity index (χ3n) is 10.3. The summed E-state index contributed by atoms with van der Waals surface area (Å²) in [6, 6.07) is 10.5. The van der Waals surface area contributed by atoms with Gasteiger partial charge in [0.2, 0.25) is 17.8 Å². The van der Waals surface area contributed by atoms with E-state index in [9.17, 15) is 14.4 Å². The third-order valence-corrected chi connectivity index (χ3v) is 10.3. The Morgan fingerprint density at radius 3 is 2.16 bits per heavy atom. The predicted octanol–water partition coefficient (Wildman–Crippen LogP) is 3.57. The summed E-state index contributed by atoms with van der Waals surface area (Å²) in [5.74, 6) is 1.91. The number of nitrogens with one attached hydrogen (secondary N) is 2. The molecule has 4 fully saturated rings. The number of hydrogen-bond acceptors (Lipinski definition) is 7. The van der Waals surface area contributed by atoms with Crippen molar-refractivity contribution in [2.45, 2.75) is 71.4 Å². The highest BCUT2D eigenvalue weighted by atomic mass is 16.2. The maximum atomic E-state index is 13.7. The van der Waals surface area contributed by atoms with Gasteiger partial charge in [-0.05, 0) is 56.9 Å². The Balaban J connectivity index is 1.02. The Labute approximate surface area is 261 Å². The molecule has 1 saturated carbocycles. The molecule has 3 amide bonds. The van der Waals surface area contributed by atoms with E-state index in [1.165, 1.54) is 5.56 Å². The number of carbonyl (C=O) groups is 3. The van der Waals surface area contributed by atoms with Gasteiger partial charge in [0.1, 0.15) is 0 Å². The SMILES string of the molecule is CC(=O)N1CC[C@H](Nc2nc(C)c(C(=O)N3CC4CN(CCC(NC(=O)C5CCCC5)c5ccccc5)CC4C3)c(C)n2)C1. The second kappa shape index (κ2) is 13.2. The first-order valence-corrected chi connectivity index (χ1v) is 16.5. The lowest BCUT2D eigenvalue weighted by atomic mass is 10.0. The van der Waals surface area contributed by atoms with E-state index >= 15 is 0 Å². The molecular weight excluding hydrogens is 554 g/mol. The summed E-state index contributed by atoms with van der Waals surface area (Å²) in [7, 11) is 0. The van der Waals surface area contributed by atoms with Crippen LogP contribution in [0.25, 0.3) is 0 Å². The maximum absolute atomic E-state index is 13.7. The third kappa shape index (κ3) is 6.75. The molecule has 236 valence electrons. The Kier molecular flexibility index (Phi) is 9.16. The second-order valence-electron chi connectivity index (χ2n) is 13.4. The molecule has 4 aliphatic rings. The van der Waals surface area contributed by atoms with Crippen LogP contribution in [0.3, 0.4) is 0 Å². The van der Waals surface area contributed by atoms with E-state index in [4.69, 9.17) is 0 Å². The molecule has 10 heteroatoms. The van der Waals surface area contributed by atoms with Crippen molar-refractivity contribution in [2.75, 3.05) is 51.1 Å². The van der Waals surface area contributed by atoms with Gasteiger partial charge in [-0.25, -0.2) is 9.97 Å². The first-order chi connectivity index (χ1) is 21.2. The van der Waals surface area contributed by atoms with Crippen LogP contribution in [0, 0.1) is 31.6 Å². The number of hydrogen-bond donors (Lipinski definition) is 2. The van der Waals surface area contributed by atoms with Crippen molar-refractivity contribution in [3.8, 4) is 0 Å². The zero-order valence-electron chi connectivity index (χ0n) is 26.4. The van der Waals surface area contributed by atoms with Crippen molar-refractivity contribution in [3.05, 3.63) is 52.8 Å². The smallest absolute Gasteiger partial charge is 0.257 e. The minimum Gasteiger partial charge on any atom is -0.350 e. The van der Waals surface area contributed by atoms with Crippen molar-refractivity contribution in [1.29, 1.82) is 0 Å². The lowest BCUT2D eigenvalue weighted by Gasteiger charge is -2.26. The number of rotatable bonds is 9. The molecule has 3 aliphatic heterocycles. The lowest BCUT2D eigenvalue weighted by molar-refractivity contribution is -0.128. The summed E-state index contributed by atoms with van der Waals surface area (Å²) in [4.78, 5) is 54.0. The van der Waals surface area contributed by atoms with Gasteiger partial charge in [0.15, 0.2) is 0 Å². The highest BCUT2D eigenvalue weighted by Crippen LogP contribution is 2.33. The summed E-state index contributed by atoms with van der Waals surface area (Å²) in [6.45, 7) is 11.1. The molecule has 3 saturated heterocycles. The lowest BCUT2D eigenvalue weighted by Crippen LogP contribution is -2.37. The summed E-state index contributed by atoms with van der Waals surface area (Å²) in [6.07, 6.45) is 6.06. The molecule has 6 rings (SSSR count). The highest BCUT2D eigenvalue weighted by Gasteiger charge is 2.42. The number of aryl methyl sites for hydroxylation is 2. The number of amides is 3. The molecule has 10 nitrogen and oxygen atoms in total. The van der Waals surface area contributed by atoms with E-state index in [2.05, 4.69) is 37.6 Å². The summed E-state index contributed by atoms with van der Waals surface area (Å²) >= 11 is 0. The van der Waals surface area contributed by atoms with E-state index in [1.807, 2.05) is 41.8 Å². The number of carbonyl (C=O) groups excluding carboxylic acids is 3. The fraction of sp³-hybridized carbons (Fsp3) is 0.618. The highest BCUT2D eigenvalue weighted by molar-refractivity contribution is 5.96. The number of benzene rings is 1. The average molecular weight is 602 g/mol. The molecule has 2 aromatic rings. The summed E-state index contributed by atoms with van der Waals surface area (Å²) in [5.41, 5.74) is 3.16. The first-order valence-electron chi connectivity index (χ1n) is 16.5. The Morgan fingerprint density at radius 2 is 1.55 bits per heavy atom. The molecular formula is C34H47N7O3. The minimum absolute atomic E-state index is 0.0213. The number of aromatic nitrogens is 2. The van der Waals surface area contributed by atoms with Gasteiger partial charge in [-0.15, -0.1) is 0 Å². The number of fused-ring (bicyclic) bond motifs is 1. The van der Waals surface area contributed by atoms with Crippen LogP contribution in [0.1, 0.15) is 78.8 Å². The molecule has 0 spiro atoms. The second-order valence-corrected chi connectivity index (χ2v) is 13.4. The van der Waals surface area contributed by atoms with Crippen LogP contribution >= 0.6 is 0 Å². The van der Waals surface area contributed by atoms with Crippen molar-refractivity contribution in [1.82, 2.24) is 30.0 Å². The number of likely N-dealkylation sites (tertiary alicyclic amines) is 3. The van der Waals surface area contributed by atoms with Crippen LogP contribution in [0.15, 0.2) is 30.3 Å². The van der Waals surface area contributed by atoms with Gasteiger partial charge in [-0.3, -0.25) is 14.4 Å². The molecule has 1 aliphatic carbocycles. The fourth-order valence-corrected chi connectivity index (χ4v) is 7.83. The monoisotopic (exact) mass is 601 g/mol. The molecule has 1 aromatic heterocycles. The fourth-order valence-electron chi connectivity index (χ4n) is 7.83. The zero-order chi connectivity index (χ0) is 30.8. The average Bonchev–Trinajstić information content (AvgIpc) is 3.80. The van der Waals surface area contributed by atoms with E-state index < -0.39 is 0 Å². The van der Waals surface area contributed by atoms with Gasteiger partial charge in [0, 0.05) is 64.7 Å². The van der Waals surface area contributed by atoms with Crippen LogP contribution in [-0.2, 0) is 9.59 Å². The van der Waals surface area contributed by atoms with E-state index in [-0.39, 0.29) is 35.7 Å². The van der Waals surface area contributed by atoms with Crippen LogP contribution < -0.4 is 10.6 Å². The van der Waals surface area contributed by atoms with Crippen molar-refractivity contribution in [2.24, 2.45) is 17.8 Å². The minimum atomic E-state index is 0.0213. The zero-order valence-corrected chi connectivity index (χ0v) is 26.4. The number of nitrogens with zero attached hydrogens (tertiary/aromatic N) is 5. The van der Waals surface area contributed by atoms with Crippen LogP contribution in [0.4, 0.5) is 5.95 Å². The van der Waals surface area contributed by atoms with Gasteiger partial charge in [-0.2, -0.15) is 0 Å². The quantitative estimate of drug-likeness (QED) is 0.452. The topological polar surface area (TPSA) is 111 Å². The molecule has 3 unspecified atom stereocenters. The number of anilines is 1. The predicted molar refractivity (Wildman–Crippen MR) is 169 cm³/mol. The molecule has 4 atom stereocenters. The molecule has 1 aromatic carbocycles. The first kappa shape index (κ1) is 30.5. The largest absolute Gasteiger partial charge is 0.350 e. The van der Waals surface area contributed by atoms with Gasteiger partial charge in [-0.1, -0.05) is 43.2 Å². The van der Waals surface area contributed by atoms with E-state index in [0.717, 1.165) is 77.8 Å².